The van der Waals surface area contributed by atoms with Crippen molar-refractivity contribution in [2.24, 2.45) is 0 Å². The summed E-state index contributed by atoms with van der Waals surface area (Å²) in [5, 5.41) is 8.65. The SMILES string of the molecule is Bc1cnc(C)c(C(=O)O)c1. The fourth-order valence-corrected chi connectivity index (χ4v) is 0.854. The van der Waals surface area contributed by atoms with Crippen molar-refractivity contribution in [3.05, 3.63) is 23.5 Å². The molecule has 0 bridgehead atoms. The fraction of sp³-hybridized carbons (Fsp3) is 0.143. The zero-order valence-electron chi connectivity index (χ0n) is 6.46. The summed E-state index contributed by atoms with van der Waals surface area (Å²) in [6.45, 7) is 1.68. The average molecular weight is 149 g/mol. The van der Waals surface area contributed by atoms with Crippen LogP contribution in [-0.4, -0.2) is 23.9 Å². The minimum atomic E-state index is -0.918. The molecule has 1 N–H and O–H groups in total. The number of aryl methyl sites for hydroxylation is 1. The highest BCUT2D eigenvalue weighted by atomic mass is 16.4. The van der Waals surface area contributed by atoms with E-state index in [-0.39, 0.29) is 5.56 Å². The van der Waals surface area contributed by atoms with Gasteiger partial charge in [-0.2, -0.15) is 0 Å². The first kappa shape index (κ1) is 7.79. The van der Waals surface area contributed by atoms with Gasteiger partial charge < -0.3 is 5.11 Å². The normalized spacial score (nSPS) is 9.55. The van der Waals surface area contributed by atoms with Crippen molar-refractivity contribution >= 4 is 19.3 Å². The number of pyridine rings is 1. The number of hydrogen-bond acceptors (Lipinski definition) is 2. The van der Waals surface area contributed by atoms with E-state index in [9.17, 15) is 4.79 Å². The summed E-state index contributed by atoms with van der Waals surface area (Å²) in [7, 11) is 1.82. The maximum absolute atomic E-state index is 10.5. The molecule has 0 radical (unpaired) electrons. The third kappa shape index (κ3) is 1.58. The number of carboxylic acids is 1. The Balaban J connectivity index is 3.23. The van der Waals surface area contributed by atoms with E-state index in [4.69, 9.17) is 5.11 Å². The van der Waals surface area contributed by atoms with Crippen LogP contribution < -0.4 is 5.46 Å². The summed E-state index contributed by atoms with van der Waals surface area (Å²) in [6.07, 6.45) is 1.65. The van der Waals surface area contributed by atoms with E-state index in [1.165, 1.54) is 0 Å². The molecule has 1 aromatic heterocycles. The van der Waals surface area contributed by atoms with Gasteiger partial charge in [0.25, 0.3) is 0 Å². The Morgan fingerprint density at radius 2 is 2.36 bits per heavy atom. The minimum Gasteiger partial charge on any atom is -0.478 e. The zero-order valence-corrected chi connectivity index (χ0v) is 6.46. The van der Waals surface area contributed by atoms with Gasteiger partial charge in [0.15, 0.2) is 0 Å². The Kier molecular flexibility index (Phi) is 1.94. The molecular weight excluding hydrogens is 141 g/mol. The first-order valence-electron chi connectivity index (χ1n) is 3.28. The third-order valence-electron chi connectivity index (χ3n) is 1.45. The van der Waals surface area contributed by atoms with Crippen LogP contribution >= 0.6 is 0 Å². The Labute approximate surface area is 65.5 Å². The maximum Gasteiger partial charge on any atom is 0.337 e. The van der Waals surface area contributed by atoms with E-state index in [2.05, 4.69) is 4.98 Å². The highest BCUT2D eigenvalue weighted by molar-refractivity contribution is 6.32. The van der Waals surface area contributed by atoms with E-state index in [0.717, 1.165) is 5.46 Å². The molecule has 4 heteroatoms. The van der Waals surface area contributed by atoms with E-state index in [1.54, 1.807) is 19.2 Å². The number of hydrogen-bond donors (Lipinski definition) is 1. The maximum atomic E-state index is 10.5. The van der Waals surface area contributed by atoms with Gasteiger partial charge in [-0.3, -0.25) is 4.98 Å². The lowest BCUT2D eigenvalue weighted by Gasteiger charge is -1.99. The lowest BCUT2D eigenvalue weighted by Crippen LogP contribution is -2.10. The molecule has 0 unspecified atom stereocenters. The largest absolute Gasteiger partial charge is 0.478 e. The Hall–Kier alpha value is -1.32. The molecule has 0 aliphatic rings. The Bertz CT molecular complexity index is 298. The predicted molar refractivity (Wildman–Crippen MR) is 44.1 cm³/mol. The summed E-state index contributed by atoms with van der Waals surface area (Å²) in [5.74, 6) is -0.918. The standard InChI is InChI=1S/C7H8BNO2/c1-4-6(7(10)11)2-5(8)3-9-4/h2-3H,8H2,1H3,(H,10,11). The Morgan fingerprint density at radius 1 is 1.73 bits per heavy atom. The van der Waals surface area contributed by atoms with Crippen molar-refractivity contribution in [3.63, 3.8) is 0 Å². The van der Waals surface area contributed by atoms with Crippen LogP contribution in [0.3, 0.4) is 0 Å². The molecule has 1 aromatic rings. The molecule has 3 nitrogen and oxygen atoms in total. The number of carboxylic acid groups (broad SMARTS) is 1. The molecule has 1 heterocycles. The summed E-state index contributed by atoms with van der Waals surface area (Å²) >= 11 is 0. The zero-order chi connectivity index (χ0) is 8.43. The minimum absolute atomic E-state index is 0.282. The van der Waals surface area contributed by atoms with E-state index in [1.807, 2.05) is 7.85 Å². The number of aromatic nitrogens is 1. The second kappa shape index (κ2) is 2.74. The topological polar surface area (TPSA) is 50.2 Å². The van der Waals surface area contributed by atoms with Crippen molar-refractivity contribution < 1.29 is 9.90 Å². The number of nitrogens with zero attached hydrogens (tertiary/aromatic N) is 1. The monoisotopic (exact) mass is 149 g/mol. The van der Waals surface area contributed by atoms with E-state index in [0.29, 0.717) is 5.69 Å². The van der Waals surface area contributed by atoms with Crippen LogP contribution in [0.25, 0.3) is 0 Å². The van der Waals surface area contributed by atoms with Crippen LogP contribution in [0.1, 0.15) is 16.1 Å². The van der Waals surface area contributed by atoms with Crippen LogP contribution in [0.4, 0.5) is 0 Å². The molecule has 0 fully saturated rings. The van der Waals surface area contributed by atoms with Crippen molar-refractivity contribution in [2.75, 3.05) is 0 Å². The first-order chi connectivity index (χ1) is 5.11. The number of aromatic carboxylic acids is 1. The quantitative estimate of drug-likeness (QED) is 0.539. The van der Waals surface area contributed by atoms with Gasteiger partial charge >= 0.3 is 5.97 Å². The lowest BCUT2D eigenvalue weighted by atomic mass is 9.96. The third-order valence-corrected chi connectivity index (χ3v) is 1.45. The van der Waals surface area contributed by atoms with Gasteiger partial charge in [-0.25, -0.2) is 4.79 Å². The van der Waals surface area contributed by atoms with Crippen molar-refractivity contribution in [1.29, 1.82) is 0 Å². The van der Waals surface area contributed by atoms with Gasteiger partial charge in [0.2, 0.25) is 0 Å². The highest BCUT2D eigenvalue weighted by Crippen LogP contribution is 2.00. The molecule has 1 rings (SSSR count). The predicted octanol–water partition coefficient (Wildman–Crippen LogP) is -0.653. The van der Waals surface area contributed by atoms with Crippen LogP contribution in [-0.2, 0) is 0 Å². The van der Waals surface area contributed by atoms with Crippen LogP contribution in [0.15, 0.2) is 12.3 Å². The number of rotatable bonds is 1. The molecule has 0 aliphatic heterocycles. The molecule has 56 valence electrons. The highest BCUT2D eigenvalue weighted by Gasteiger charge is 2.06. The van der Waals surface area contributed by atoms with Gasteiger partial charge in [-0.05, 0) is 6.92 Å². The molecule has 0 aromatic carbocycles. The summed E-state index contributed by atoms with van der Waals surface area (Å²) in [6, 6.07) is 1.62. The van der Waals surface area contributed by atoms with Crippen LogP contribution in [0, 0.1) is 6.92 Å². The van der Waals surface area contributed by atoms with Gasteiger partial charge in [0.05, 0.1) is 11.3 Å². The Morgan fingerprint density at radius 3 is 2.82 bits per heavy atom. The summed E-state index contributed by atoms with van der Waals surface area (Å²) in [4.78, 5) is 14.5. The van der Waals surface area contributed by atoms with E-state index >= 15 is 0 Å². The molecule has 0 saturated carbocycles. The fourth-order valence-electron chi connectivity index (χ4n) is 0.854. The molecule has 11 heavy (non-hydrogen) atoms. The van der Waals surface area contributed by atoms with Crippen LogP contribution in [0.2, 0.25) is 0 Å². The first-order valence-corrected chi connectivity index (χ1v) is 3.28. The second-order valence-corrected chi connectivity index (χ2v) is 2.45. The van der Waals surface area contributed by atoms with E-state index < -0.39 is 5.97 Å². The summed E-state index contributed by atoms with van der Waals surface area (Å²) < 4.78 is 0. The molecule has 0 amide bonds. The molecular formula is C7H8BNO2. The molecule has 0 saturated heterocycles. The smallest absolute Gasteiger partial charge is 0.337 e. The van der Waals surface area contributed by atoms with Gasteiger partial charge in [-0.15, -0.1) is 0 Å². The lowest BCUT2D eigenvalue weighted by molar-refractivity contribution is 0.0695. The van der Waals surface area contributed by atoms with Crippen molar-refractivity contribution in [3.8, 4) is 0 Å². The molecule has 0 aliphatic carbocycles. The summed E-state index contributed by atoms with van der Waals surface area (Å²) in [5.41, 5.74) is 1.71. The van der Waals surface area contributed by atoms with Gasteiger partial charge in [-0.1, -0.05) is 11.5 Å². The number of carbonyl (C=O) groups is 1. The average Bonchev–Trinajstić information content (AvgIpc) is 1.94. The second-order valence-electron chi connectivity index (χ2n) is 2.45. The van der Waals surface area contributed by atoms with Crippen molar-refractivity contribution in [2.45, 2.75) is 6.92 Å². The van der Waals surface area contributed by atoms with Crippen LogP contribution in [0.5, 0.6) is 0 Å². The molecule has 0 spiro atoms. The molecule has 0 atom stereocenters. The van der Waals surface area contributed by atoms with Gasteiger partial charge in [0, 0.05) is 6.20 Å². The van der Waals surface area contributed by atoms with Gasteiger partial charge in [0.1, 0.15) is 7.85 Å². The van der Waals surface area contributed by atoms with Crippen molar-refractivity contribution in [1.82, 2.24) is 4.98 Å².